The first-order valence-electron chi connectivity index (χ1n) is 10.8. The summed E-state index contributed by atoms with van der Waals surface area (Å²) in [7, 11) is 0. The summed E-state index contributed by atoms with van der Waals surface area (Å²) in [6.45, 7) is 6.77. The fourth-order valence-electron chi connectivity index (χ4n) is 3.49. The Hall–Kier alpha value is -3.30. The molecular weight excluding hydrogens is 410 g/mol. The van der Waals surface area contributed by atoms with Crippen LogP contribution in [0.15, 0.2) is 48.5 Å². The van der Waals surface area contributed by atoms with E-state index in [1.165, 1.54) is 0 Å². The summed E-state index contributed by atoms with van der Waals surface area (Å²) in [5.41, 5.74) is 7.76. The lowest BCUT2D eigenvalue weighted by Gasteiger charge is -2.36. The molecule has 0 spiro atoms. The molecule has 2 aromatic carbocycles. The van der Waals surface area contributed by atoms with Crippen LogP contribution in [0.25, 0.3) is 0 Å². The van der Waals surface area contributed by atoms with Crippen molar-refractivity contribution in [2.24, 2.45) is 5.73 Å². The molecule has 172 valence electrons. The number of carbonyl (C=O) groups excluding carboxylic acids is 2. The van der Waals surface area contributed by atoms with Gasteiger partial charge in [-0.2, -0.15) is 0 Å². The van der Waals surface area contributed by atoms with Gasteiger partial charge in [-0.15, -0.1) is 0 Å². The van der Waals surface area contributed by atoms with Crippen molar-refractivity contribution in [3.8, 4) is 5.75 Å². The van der Waals surface area contributed by atoms with Crippen LogP contribution in [-0.4, -0.2) is 69.4 Å². The van der Waals surface area contributed by atoms with Crippen molar-refractivity contribution in [1.82, 2.24) is 4.90 Å². The van der Waals surface area contributed by atoms with Crippen molar-refractivity contribution in [3.05, 3.63) is 48.5 Å². The van der Waals surface area contributed by atoms with Gasteiger partial charge in [0.1, 0.15) is 12.4 Å². The van der Waals surface area contributed by atoms with Gasteiger partial charge in [0.15, 0.2) is 0 Å². The molecule has 3 rings (SSSR count). The SMILES string of the molecule is CCOc1ccccc1NC(=O)OCCN1CCN(c2cccc(NC(=O)CN)c2)CC1. The molecule has 0 atom stereocenters. The maximum Gasteiger partial charge on any atom is 0.411 e. The predicted molar refractivity (Wildman–Crippen MR) is 125 cm³/mol. The fraction of sp³-hybridized carbons (Fsp3) is 0.391. The van der Waals surface area contributed by atoms with E-state index in [-0.39, 0.29) is 12.5 Å². The van der Waals surface area contributed by atoms with Gasteiger partial charge in [-0.05, 0) is 37.3 Å². The molecule has 1 fully saturated rings. The van der Waals surface area contributed by atoms with Crippen LogP contribution in [-0.2, 0) is 9.53 Å². The Morgan fingerprint density at radius 3 is 2.56 bits per heavy atom. The highest BCUT2D eigenvalue weighted by Gasteiger charge is 2.18. The lowest BCUT2D eigenvalue weighted by molar-refractivity contribution is -0.114. The molecule has 0 unspecified atom stereocenters. The summed E-state index contributed by atoms with van der Waals surface area (Å²) in [4.78, 5) is 28.2. The second-order valence-corrected chi connectivity index (χ2v) is 7.32. The molecule has 1 saturated heterocycles. The van der Waals surface area contributed by atoms with Crippen molar-refractivity contribution in [2.45, 2.75) is 6.92 Å². The molecule has 4 N–H and O–H groups in total. The Labute approximate surface area is 188 Å². The van der Waals surface area contributed by atoms with Crippen LogP contribution < -0.4 is 26.0 Å². The van der Waals surface area contributed by atoms with Crippen molar-refractivity contribution in [3.63, 3.8) is 0 Å². The highest BCUT2D eigenvalue weighted by atomic mass is 16.5. The zero-order valence-electron chi connectivity index (χ0n) is 18.4. The summed E-state index contributed by atoms with van der Waals surface area (Å²) in [5, 5.41) is 5.52. The normalized spacial score (nSPS) is 14.0. The van der Waals surface area contributed by atoms with Gasteiger partial charge >= 0.3 is 6.09 Å². The molecule has 0 saturated carbocycles. The molecule has 32 heavy (non-hydrogen) atoms. The molecule has 1 aliphatic rings. The third kappa shape index (κ3) is 6.86. The third-order valence-corrected chi connectivity index (χ3v) is 5.12. The van der Waals surface area contributed by atoms with Crippen molar-refractivity contribution in [2.75, 3.05) is 68.0 Å². The number of hydrogen-bond donors (Lipinski definition) is 3. The van der Waals surface area contributed by atoms with E-state index in [4.69, 9.17) is 15.2 Å². The van der Waals surface area contributed by atoms with Crippen LogP contribution in [0.3, 0.4) is 0 Å². The number of hydrogen-bond acceptors (Lipinski definition) is 7. The summed E-state index contributed by atoms with van der Waals surface area (Å²) < 4.78 is 10.9. The highest BCUT2D eigenvalue weighted by molar-refractivity contribution is 5.92. The first-order valence-corrected chi connectivity index (χ1v) is 10.8. The Morgan fingerprint density at radius 2 is 1.81 bits per heavy atom. The van der Waals surface area contributed by atoms with E-state index < -0.39 is 6.09 Å². The highest BCUT2D eigenvalue weighted by Crippen LogP contribution is 2.24. The monoisotopic (exact) mass is 441 g/mol. The minimum absolute atomic E-state index is 0.0397. The smallest absolute Gasteiger partial charge is 0.411 e. The zero-order chi connectivity index (χ0) is 22.8. The Balaban J connectivity index is 1.40. The van der Waals surface area contributed by atoms with Crippen LogP contribution in [0.4, 0.5) is 21.9 Å². The summed E-state index contributed by atoms with van der Waals surface area (Å²) in [6, 6.07) is 15.0. The Kier molecular flexibility index (Phi) is 8.70. The number of carbonyl (C=O) groups is 2. The number of para-hydroxylation sites is 2. The lowest BCUT2D eigenvalue weighted by Crippen LogP contribution is -2.47. The standard InChI is InChI=1S/C23H31N5O4/c1-2-31-21-9-4-3-8-20(21)26-23(30)32-15-14-27-10-12-28(13-11-27)19-7-5-6-18(16-19)25-22(29)17-24/h3-9,16H,2,10-15,17,24H2,1H3,(H,25,29)(H,26,30). The van der Waals surface area contributed by atoms with Gasteiger partial charge in [-0.3, -0.25) is 15.0 Å². The fourth-order valence-corrected chi connectivity index (χ4v) is 3.49. The molecule has 1 heterocycles. The van der Waals surface area contributed by atoms with Crippen molar-refractivity contribution < 1.29 is 19.1 Å². The number of amides is 2. The molecule has 2 amide bonds. The van der Waals surface area contributed by atoms with Gasteiger partial charge < -0.3 is 25.4 Å². The topological polar surface area (TPSA) is 109 Å². The largest absolute Gasteiger partial charge is 0.492 e. The number of ether oxygens (including phenoxy) is 2. The maximum absolute atomic E-state index is 12.1. The number of rotatable bonds is 9. The second-order valence-electron chi connectivity index (χ2n) is 7.32. The van der Waals surface area contributed by atoms with E-state index in [9.17, 15) is 9.59 Å². The van der Waals surface area contributed by atoms with Gasteiger partial charge in [0.25, 0.3) is 0 Å². The summed E-state index contributed by atoms with van der Waals surface area (Å²) in [6.07, 6.45) is -0.493. The minimum atomic E-state index is -0.493. The first kappa shape index (κ1) is 23.4. The van der Waals surface area contributed by atoms with Crippen LogP contribution >= 0.6 is 0 Å². The number of anilines is 3. The van der Waals surface area contributed by atoms with E-state index in [0.29, 0.717) is 31.2 Å². The zero-order valence-corrected chi connectivity index (χ0v) is 18.4. The number of nitrogens with one attached hydrogen (secondary N) is 2. The first-order chi connectivity index (χ1) is 15.6. The predicted octanol–water partition coefficient (Wildman–Crippen LogP) is 2.35. The number of piperazine rings is 1. The maximum atomic E-state index is 12.1. The van der Waals surface area contributed by atoms with Gasteiger partial charge in [0, 0.05) is 44.1 Å². The molecule has 0 aromatic heterocycles. The van der Waals surface area contributed by atoms with Gasteiger partial charge in [0.05, 0.1) is 18.8 Å². The van der Waals surface area contributed by atoms with E-state index in [2.05, 4.69) is 20.4 Å². The van der Waals surface area contributed by atoms with Gasteiger partial charge in [-0.25, -0.2) is 4.79 Å². The van der Waals surface area contributed by atoms with Crippen LogP contribution in [0.2, 0.25) is 0 Å². The minimum Gasteiger partial charge on any atom is -0.492 e. The van der Waals surface area contributed by atoms with Gasteiger partial charge in [0.2, 0.25) is 5.91 Å². The molecule has 0 aliphatic carbocycles. The van der Waals surface area contributed by atoms with E-state index in [0.717, 1.165) is 37.6 Å². The number of nitrogens with two attached hydrogens (primary N) is 1. The Bertz CT molecular complexity index is 899. The number of benzene rings is 2. The molecule has 9 heteroatoms. The van der Waals surface area contributed by atoms with Crippen LogP contribution in [0.1, 0.15) is 6.92 Å². The van der Waals surface area contributed by atoms with Crippen LogP contribution in [0, 0.1) is 0 Å². The van der Waals surface area contributed by atoms with Crippen LogP contribution in [0.5, 0.6) is 5.75 Å². The molecule has 0 radical (unpaired) electrons. The number of nitrogens with zero attached hydrogens (tertiary/aromatic N) is 2. The van der Waals surface area contributed by atoms with Crippen molar-refractivity contribution in [1.29, 1.82) is 0 Å². The molecule has 1 aliphatic heterocycles. The van der Waals surface area contributed by atoms with Crippen molar-refractivity contribution >= 4 is 29.1 Å². The van der Waals surface area contributed by atoms with Gasteiger partial charge in [-0.1, -0.05) is 18.2 Å². The average Bonchev–Trinajstić information content (AvgIpc) is 2.81. The van der Waals surface area contributed by atoms with E-state index in [1.54, 1.807) is 12.1 Å². The molecule has 2 aromatic rings. The second kappa shape index (κ2) is 11.9. The third-order valence-electron chi connectivity index (χ3n) is 5.12. The quantitative estimate of drug-likeness (QED) is 0.548. The molecule has 9 nitrogen and oxygen atoms in total. The van der Waals surface area contributed by atoms with E-state index in [1.807, 2.05) is 43.3 Å². The van der Waals surface area contributed by atoms with E-state index >= 15 is 0 Å². The Morgan fingerprint density at radius 1 is 1.03 bits per heavy atom. The lowest BCUT2D eigenvalue weighted by atomic mass is 10.2. The molecule has 0 bridgehead atoms. The summed E-state index contributed by atoms with van der Waals surface area (Å²) in [5.74, 6) is 0.409. The average molecular weight is 442 g/mol. The summed E-state index contributed by atoms with van der Waals surface area (Å²) >= 11 is 0. The molecular formula is C23H31N5O4.